The monoisotopic (exact) mass is 392 g/mol. The number of benzene rings is 2. The Labute approximate surface area is 169 Å². The van der Waals surface area contributed by atoms with Crippen LogP contribution in [0.2, 0.25) is 0 Å². The second-order valence-electron chi connectivity index (χ2n) is 7.80. The number of likely N-dealkylation sites (tertiary alicyclic amines) is 1. The number of fused-ring (bicyclic) bond motifs is 1. The van der Waals surface area contributed by atoms with E-state index in [2.05, 4.69) is 44.3 Å². The number of rotatable bonds is 5. The predicted octanol–water partition coefficient (Wildman–Crippen LogP) is 3.52. The standard InChI is InChI=1S/C22H24N4O3/c1-25(2)18-6-4-16(5-7-18)21-23-24-22(29-21)17-9-10-26(13-17)12-15-3-8-19-20(11-15)28-14-27-19/h3-8,11,17H,9-10,12-14H2,1-2H3/t17-/m0/s1. The van der Waals surface area contributed by atoms with Crippen molar-refractivity contribution in [1.82, 2.24) is 15.1 Å². The van der Waals surface area contributed by atoms with Crippen molar-refractivity contribution in [2.75, 3.05) is 38.9 Å². The van der Waals surface area contributed by atoms with Crippen LogP contribution in [0.3, 0.4) is 0 Å². The van der Waals surface area contributed by atoms with Gasteiger partial charge in [-0.2, -0.15) is 0 Å². The van der Waals surface area contributed by atoms with Crippen LogP contribution >= 0.6 is 0 Å². The topological polar surface area (TPSA) is 63.9 Å². The zero-order valence-corrected chi connectivity index (χ0v) is 16.7. The van der Waals surface area contributed by atoms with Crippen molar-refractivity contribution in [1.29, 1.82) is 0 Å². The lowest BCUT2D eigenvalue weighted by atomic mass is 10.1. The van der Waals surface area contributed by atoms with Crippen molar-refractivity contribution < 1.29 is 13.9 Å². The van der Waals surface area contributed by atoms with Crippen LogP contribution in [-0.4, -0.2) is 49.1 Å². The van der Waals surface area contributed by atoms with Gasteiger partial charge in [-0.05, 0) is 54.9 Å². The van der Waals surface area contributed by atoms with Crippen molar-refractivity contribution in [3.8, 4) is 23.0 Å². The van der Waals surface area contributed by atoms with E-state index in [1.807, 2.05) is 32.3 Å². The first-order valence-corrected chi connectivity index (χ1v) is 9.88. The van der Waals surface area contributed by atoms with Crippen molar-refractivity contribution >= 4 is 5.69 Å². The highest BCUT2D eigenvalue weighted by atomic mass is 16.7. The van der Waals surface area contributed by atoms with Crippen LogP contribution in [0.25, 0.3) is 11.5 Å². The molecule has 150 valence electrons. The first-order chi connectivity index (χ1) is 14.2. The quantitative estimate of drug-likeness (QED) is 0.658. The molecule has 0 unspecified atom stereocenters. The van der Waals surface area contributed by atoms with Gasteiger partial charge in [0, 0.05) is 38.4 Å². The van der Waals surface area contributed by atoms with E-state index in [1.54, 1.807) is 0 Å². The number of hydrogen-bond donors (Lipinski definition) is 0. The van der Waals surface area contributed by atoms with Crippen LogP contribution in [0, 0.1) is 0 Å². The molecule has 2 aliphatic heterocycles. The molecule has 3 aromatic rings. The minimum Gasteiger partial charge on any atom is -0.454 e. The third kappa shape index (κ3) is 3.65. The van der Waals surface area contributed by atoms with E-state index in [4.69, 9.17) is 13.9 Å². The van der Waals surface area contributed by atoms with E-state index < -0.39 is 0 Å². The highest BCUT2D eigenvalue weighted by Gasteiger charge is 2.28. The van der Waals surface area contributed by atoms with Crippen LogP contribution in [0.15, 0.2) is 46.9 Å². The molecular weight excluding hydrogens is 368 g/mol. The van der Waals surface area contributed by atoms with Crippen molar-refractivity contribution in [2.24, 2.45) is 0 Å². The summed E-state index contributed by atoms with van der Waals surface area (Å²) in [5.41, 5.74) is 3.31. The largest absolute Gasteiger partial charge is 0.454 e. The maximum Gasteiger partial charge on any atom is 0.247 e. The zero-order chi connectivity index (χ0) is 19.8. The third-order valence-electron chi connectivity index (χ3n) is 5.54. The zero-order valence-electron chi connectivity index (χ0n) is 16.7. The molecule has 0 saturated carbocycles. The van der Waals surface area contributed by atoms with Crippen LogP contribution in [0.5, 0.6) is 11.5 Å². The molecule has 0 N–H and O–H groups in total. The summed E-state index contributed by atoms with van der Waals surface area (Å²) in [5.74, 6) is 3.24. The van der Waals surface area contributed by atoms with E-state index in [0.717, 1.165) is 54.7 Å². The SMILES string of the molecule is CN(C)c1ccc(-c2nnc([C@H]3CCN(Cc4ccc5c(c4)OCO5)C3)o2)cc1. The number of anilines is 1. The predicted molar refractivity (Wildman–Crippen MR) is 109 cm³/mol. The van der Waals surface area contributed by atoms with Gasteiger partial charge in [-0.15, -0.1) is 10.2 Å². The summed E-state index contributed by atoms with van der Waals surface area (Å²) in [6.45, 7) is 3.10. The van der Waals surface area contributed by atoms with E-state index in [0.29, 0.717) is 12.7 Å². The molecule has 1 atom stereocenters. The summed E-state index contributed by atoms with van der Waals surface area (Å²) >= 11 is 0. The molecule has 5 rings (SSSR count). The van der Waals surface area contributed by atoms with Crippen LogP contribution in [0.4, 0.5) is 5.69 Å². The molecule has 29 heavy (non-hydrogen) atoms. The molecule has 7 nitrogen and oxygen atoms in total. The van der Waals surface area contributed by atoms with Gasteiger partial charge < -0.3 is 18.8 Å². The highest BCUT2D eigenvalue weighted by molar-refractivity contribution is 5.58. The molecule has 1 aromatic heterocycles. The van der Waals surface area contributed by atoms with Gasteiger partial charge in [-0.1, -0.05) is 6.07 Å². The Morgan fingerprint density at radius 3 is 2.69 bits per heavy atom. The number of ether oxygens (including phenoxy) is 2. The molecule has 1 saturated heterocycles. The molecular formula is C22H24N4O3. The van der Waals surface area contributed by atoms with E-state index >= 15 is 0 Å². The Kier molecular flexibility index (Phi) is 4.60. The summed E-state index contributed by atoms with van der Waals surface area (Å²) < 4.78 is 16.9. The molecule has 3 heterocycles. The van der Waals surface area contributed by atoms with Gasteiger partial charge in [0.2, 0.25) is 18.6 Å². The summed E-state index contributed by atoms with van der Waals surface area (Å²) in [6, 6.07) is 14.3. The Balaban J connectivity index is 1.24. The van der Waals surface area contributed by atoms with Crippen molar-refractivity contribution in [2.45, 2.75) is 18.9 Å². The third-order valence-corrected chi connectivity index (χ3v) is 5.54. The van der Waals surface area contributed by atoms with Crippen molar-refractivity contribution in [3.63, 3.8) is 0 Å². The fourth-order valence-electron chi connectivity index (χ4n) is 3.89. The molecule has 0 aliphatic carbocycles. The fourth-order valence-corrected chi connectivity index (χ4v) is 3.89. The van der Waals surface area contributed by atoms with Crippen LogP contribution in [-0.2, 0) is 6.54 Å². The first-order valence-electron chi connectivity index (χ1n) is 9.88. The van der Waals surface area contributed by atoms with Crippen molar-refractivity contribution in [3.05, 3.63) is 53.9 Å². The minimum absolute atomic E-state index is 0.270. The number of hydrogen-bond acceptors (Lipinski definition) is 7. The average Bonchev–Trinajstić information content (AvgIpc) is 3.48. The first kappa shape index (κ1) is 18.0. The molecule has 7 heteroatoms. The van der Waals surface area contributed by atoms with Crippen LogP contribution < -0.4 is 14.4 Å². The lowest BCUT2D eigenvalue weighted by Gasteiger charge is -2.15. The van der Waals surface area contributed by atoms with Gasteiger partial charge in [0.25, 0.3) is 0 Å². The second-order valence-corrected chi connectivity index (χ2v) is 7.80. The molecule has 2 aromatic carbocycles. The van der Waals surface area contributed by atoms with Gasteiger partial charge >= 0.3 is 0 Å². The number of aromatic nitrogens is 2. The van der Waals surface area contributed by atoms with Gasteiger partial charge in [0.1, 0.15) is 0 Å². The smallest absolute Gasteiger partial charge is 0.247 e. The lowest BCUT2D eigenvalue weighted by molar-refractivity contribution is 0.174. The summed E-state index contributed by atoms with van der Waals surface area (Å²) in [6.07, 6.45) is 1.02. The van der Waals surface area contributed by atoms with Gasteiger partial charge in [0.05, 0.1) is 5.92 Å². The molecule has 2 aliphatic rings. The normalized spacial score (nSPS) is 18.3. The lowest BCUT2D eigenvalue weighted by Crippen LogP contribution is -2.19. The molecule has 0 amide bonds. The summed E-state index contributed by atoms with van der Waals surface area (Å²) in [7, 11) is 4.05. The summed E-state index contributed by atoms with van der Waals surface area (Å²) in [5, 5.41) is 8.61. The highest BCUT2D eigenvalue weighted by Crippen LogP contribution is 2.34. The van der Waals surface area contributed by atoms with Gasteiger partial charge in [0.15, 0.2) is 11.5 Å². The Morgan fingerprint density at radius 1 is 1.03 bits per heavy atom. The van der Waals surface area contributed by atoms with E-state index in [-0.39, 0.29) is 5.92 Å². The second kappa shape index (κ2) is 7.40. The van der Waals surface area contributed by atoms with E-state index in [9.17, 15) is 0 Å². The van der Waals surface area contributed by atoms with Gasteiger partial charge in [-0.3, -0.25) is 4.90 Å². The maximum atomic E-state index is 6.01. The molecule has 1 fully saturated rings. The maximum absolute atomic E-state index is 6.01. The Bertz CT molecular complexity index is 1000. The fraction of sp³-hybridized carbons (Fsp3) is 0.364. The van der Waals surface area contributed by atoms with Crippen LogP contribution in [0.1, 0.15) is 23.8 Å². The van der Waals surface area contributed by atoms with Gasteiger partial charge in [-0.25, -0.2) is 0 Å². The number of nitrogens with zero attached hydrogens (tertiary/aromatic N) is 4. The Morgan fingerprint density at radius 2 is 1.86 bits per heavy atom. The molecule has 0 bridgehead atoms. The average molecular weight is 392 g/mol. The molecule has 0 radical (unpaired) electrons. The Hall–Kier alpha value is -3.06. The van der Waals surface area contributed by atoms with E-state index in [1.165, 1.54) is 5.56 Å². The minimum atomic E-state index is 0.270. The summed E-state index contributed by atoms with van der Waals surface area (Å²) in [4.78, 5) is 4.48. The molecule has 0 spiro atoms.